The van der Waals surface area contributed by atoms with Crippen molar-refractivity contribution in [3.05, 3.63) is 41.1 Å². The summed E-state index contributed by atoms with van der Waals surface area (Å²) in [5.41, 5.74) is 3.89. The molecular formula is C21H23ClN6O2. The zero-order chi connectivity index (χ0) is 20.8. The Morgan fingerprint density at radius 1 is 1.37 bits per heavy atom. The fraction of sp³-hybridized carbons (Fsp3) is 0.429. The number of H-pyrrole nitrogens is 1. The first kappa shape index (κ1) is 19.1. The largest absolute Gasteiger partial charge is 0.481 e. The highest BCUT2D eigenvalue weighted by Gasteiger charge is 2.32. The van der Waals surface area contributed by atoms with Gasteiger partial charge in [-0.15, -0.1) is 0 Å². The van der Waals surface area contributed by atoms with Crippen LogP contribution < -0.4 is 9.80 Å². The van der Waals surface area contributed by atoms with Gasteiger partial charge in [0.1, 0.15) is 22.9 Å². The Balaban J connectivity index is 1.53. The van der Waals surface area contributed by atoms with Gasteiger partial charge in [0, 0.05) is 49.2 Å². The first-order valence-corrected chi connectivity index (χ1v) is 10.6. The molecule has 0 spiro atoms. The predicted octanol–water partition coefficient (Wildman–Crippen LogP) is 3.26. The Bertz CT molecular complexity index is 1120. The molecule has 2 aliphatic heterocycles. The van der Waals surface area contributed by atoms with Crippen molar-refractivity contribution < 1.29 is 9.90 Å². The van der Waals surface area contributed by atoms with Crippen LogP contribution in [0.4, 0.5) is 11.5 Å². The lowest BCUT2D eigenvalue weighted by Gasteiger charge is -2.39. The minimum atomic E-state index is -0.737. The van der Waals surface area contributed by atoms with E-state index in [4.69, 9.17) is 11.6 Å². The van der Waals surface area contributed by atoms with Gasteiger partial charge in [-0.1, -0.05) is 11.6 Å². The van der Waals surface area contributed by atoms with Gasteiger partial charge in [0.25, 0.3) is 0 Å². The number of fused-ring (bicyclic) bond motifs is 2. The Morgan fingerprint density at radius 2 is 2.23 bits per heavy atom. The highest BCUT2D eigenvalue weighted by atomic mass is 35.5. The Labute approximate surface area is 178 Å². The summed E-state index contributed by atoms with van der Waals surface area (Å²) in [4.78, 5) is 32.6. The highest BCUT2D eigenvalue weighted by molar-refractivity contribution is 6.30. The van der Waals surface area contributed by atoms with Crippen LogP contribution in [0.3, 0.4) is 0 Å². The van der Waals surface area contributed by atoms with Crippen LogP contribution in [0.1, 0.15) is 31.0 Å². The van der Waals surface area contributed by atoms with E-state index >= 15 is 0 Å². The van der Waals surface area contributed by atoms with E-state index in [-0.39, 0.29) is 12.0 Å². The van der Waals surface area contributed by atoms with Gasteiger partial charge in [-0.25, -0.2) is 15.0 Å². The topological polar surface area (TPSA) is 98.2 Å². The summed E-state index contributed by atoms with van der Waals surface area (Å²) in [5.74, 6) is -0.242. The van der Waals surface area contributed by atoms with Crippen molar-refractivity contribution in [1.82, 2.24) is 19.9 Å². The second kappa shape index (κ2) is 7.43. The molecule has 0 amide bonds. The van der Waals surface area contributed by atoms with Crippen LogP contribution in [0.5, 0.6) is 0 Å². The number of aromatic nitrogens is 4. The minimum Gasteiger partial charge on any atom is -0.481 e. The summed E-state index contributed by atoms with van der Waals surface area (Å²) in [5, 5.41) is 11.0. The maximum atomic E-state index is 11.5. The van der Waals surface area contributed by atoms with Crippen molar-refractivity contribution in [3.63, 3.8) is 0 Å². The Morgan fingerprint density at radius 3 is 3.07 bits per heavy atom. The van der Waals surface area contributed by atoms with E-state index < -0.39 is 5.97 Å². The summed E-state index contributed by atoms with van der Waals surface area (Å²) >= 11 is 6.30. The molecule has 1 fully saturated rings. The fourth-order valence-corrected chi connectivity index (χ4v) is 4.87. The first-order valence-electron chi connectivity index (χ1n) is 10.2. The van der Waals surface area contributed by atoms with E-state index in [1.165, 1.54) is 0 Å². The summed E-state index contributed by atoms with van der Waals surface area (Å²) in [6.07, 6.45) is 5.82. The van der Waals surface area contributed by atoms with Gasteiger partial charge >= 0.3 is 5.97 Å². The highest BCUT2D eigenvalue weighted by Crippen LogP contribution is 2.37. The van der Waals surface area contributed by atoms with Gasteiger partial charge in [0.05, 0.1) is 17.3 Å². The van der Waals surface area contributed by atoms with E-state index in [2.05, 4.69) is 36.7 Å². The molecule has 2 atom stereocenters. The molecule has 3 aromatic heterocycles. The molecule has 0 aliphatic carbocycles. The molecule has 0 saturated carbocycles. The molecule has 0 bridgehead atoms. The number of halogens is 1. The Kier molecular flexibility index (Phi) is 4.73. The summed E-state index contributed by atoms with van der Waals surface area (Å²) in [6, 6.07) is 4.15. The number of hydrogen-bond donors (Lipinski definition) is 2. The van der Waals surface area contributed by atoms with Gasteiger partial charge < -0.3 is 19.9 Å². The zero-order valence-corrected chi connectivity index (χ0v) is 17.4. The molecule has 3 aromatic rings. The van der Waals surface area contributed by atoms with Crippen molar-refractivity contribution in [2.75, 3.05) is 22.9 Å². The number of piperidine rings is 1. The Hall–Kier alpha value is -2.87. The maximum absolute atomic E-state index is 11.5. The van der Waals surface area contributed by atoms with Gasteiger partial charge in [-0.3, -0.25) is 4.79 Å². The molecule has 2 aliphatic rings. The van der Waals surface area contributed by atoms with Crippen molar-refractivity contribution in [3.8, 4) is 0 Å². The fourth-order valence-electron chi connectivity index (χ4n) is 4.69. The van der Waals surface area contributed by atoms with Crippen LogP contribution >= 0.6 is 11.6 Å². The quantitative estimate of drug-likeness (QED) is 0.620. The second-order valence-electron chi connectivity index (χ2n) is 8.13. The smallest absolute Gasteiger partial charge is 0.308 e. The van der Waals surface area contributed by atoms with Crippen LogP contribution in [0.25, 0.3) is 11.0 Å². The third-order valence-electron chi connectivity index (χ3n) is 6.22. The summed E-state index contributed by atoms with van der Waals surface area (Å²) < 4.78 is 0. The number of hydrogen-bond acceptors (Lipinski definition) is 6. The number of carboxylic acids is 1. The van der Waals surface area contributed by atoms with Crippen molar-refractivity contribution in [2.24, 2.45) is 5.92 Å². The van der Waals surface area contributed by atoms with Crippen LogP contribution in [0, 0.1) is 5.92 Å². The molecule has 2 N–H and O–H groups in total. The number of nitrogens with zero attached hydrogens (tertiary/aromatic N) is 5. The molecule has 0 radical (unpaired) electrons. The van der Waals surface area contributed by atoms with Crippen LogP contribution in [-0.4, -0.2) is 50.1 Å². The number of aliphatic carboxylic acids is 1. The van der Waals surface area contributed by atoms with Crippen molar-refractivity contribution in [1.29, 1.82) is 0 Å². The van der Waals surface area contributed by atoms with E-state index in [9.17, 15) is 9.90 Å². The lowest BCUT2D eigenvalue weighted by molar-refractivity contribution is -0.141. The second-order valence-corrected chi connectivity index (χ2v) is 8.52. The van der Waals surface area contributed by atoms with Gasteiger partial charge in [-0.05, 0) is 31.9 Å². The number of aromatic amines is 1. The number of carboxylic acid groups (broad SMARTS) is 1. The molecule has 8 nitrogen and oxygen atoms in total. The molecule has 0 unspecified atom stereocenters. The monoisotopic (exact) mass is 426 g/mol. The standard InChI is InChI=1S/C21H23ClN6O2/c1-12-7-16-15(10-28(12)17-8-18(22)26-19-14(17)4-5-23-19)20(25-11-24-16)27-6-2-3-13(9-27)21(29)30/h4-5,8,11-13H,2-3,6-7,9-10H2,1H3,(H,23,26)(H,29,30)/t12-,13-/m1/s1. The number of pyridine rings is 1. The minimum absolute atomic E-state index is 0.227. The van der Waals surface area contributed by atoms with Crippen LogP contribution in [0.2, 0.25) is 5.15 Å². The van der Waals surface area contributed by atoms with Gasteiger partial charge in [-0.2, -0.15) is 0 Å². The van der Waals surface area contributed by atoms with Crippen molar-refractivity contribution >= 4 is 40.1 Å². The zero-order valence-electron chi connectivity index (χ0n) is 16.7. The normalized spacial score (nSPS) is 21.7. The average molecular weight is 427 g/mol. The van der Waals surface area contributed by atoms with Crippen LogP contribution in [-0.2, 0) is 17.8 Å². The van der Waals surface area contributed by atoms with E-state index in [1.807, 2.05) is 18.3 Å². The average Bonchev–Trinajstić information content (AvgIpc) is 3.20. The van der Waals surface area contributed by atoms with E-state index in [0.717, 1.165) is 53.2 Å². The molecule has 5 heterocycles. The maximum Gasteiger partial charge on any atom is 0.308 e. The van der Waals surface area contributed by atoms with E-state index in [1.54, 1.807) is 6.33 Å². The molecule has 156 valence electrons. The number of anilines is 2. The third kappa shape index (κ3) is 3.25. The van der Waals surface area contributed by atoms with Gasteiger partial charge in [0.2, 0.25) is 0 Å². The lowest BCUT2D eigenvalue weighted by atomic mass is 9.95. The van der Waals surface area contributed by atoms with Crippen LogP contribution in [0.15, 0.2) is 24.7 Å². The third-order valence-corrected chi connectivity index (χ3v) is 6.41. The lowest BCUT2D eigenvalue weighted by Crippen LogP contribution is -2.43. The molecule has 9 heteroatoms. The summed E-state index contributed by atoms with van der Waals surface area (Å²) in [7, 11) is 0. The molecule has 30 heavy (non-hydrogen) atoms. The number of carbonyl (C=O) groups is 1. The number of rotatable bonds is 3. The molecule has 1 saturated heterocycles. The summed E-state index contributed by atoms with van der Waals surface area (Å²) in [6.45, 7) is 4.11. The SMILES string of the molecule is C[C@@H]1Cc2ncnc(N3CCC[C@@H](C(=O)O)C3)c2CN1c1cc(Cl)nc2[nH]ccc12. The van der Waals surface area contributed by atoms with Gasteiger partial charge in [0.15, 0.2) is 0 Å². The molecular weight excluding hydrogens is 404 g/mol. The molecule has 5 rings (SSSR count). The first-order chi connectivity index (χ1) is 14.5. The molecule has 0 aromatic carbocycles. The van der Waals surface area contributed by atoms with E-state index in [0.29, 0.717) is 24.7 Å². The number of nitrogens with one attached hydrogen (secondary N) is 1. The predicted molar refractivity (Wildman–Crippen MR) is 115 cm³/mol. The van der Waals surface area contributed by atoms with Crippen molar-refractivity contribution in [2.45, 2.75) is 38.8 Å².